The number of hydrogen-bond acceptors (Lipinski definition) is 3. The van der Waals surface area contributed by atoms with Crippen LogP contribution >= 0.6 is 0 Å². The maximum Gasteiger partial charge on any atom is 0.148 e. The van der Waals surface area contributed by atoms with E-state index in [1.165, 1.54) is 16.7 Å². The van der Waals surface area contributed by atoms with E-state index in [9.17, 15) is 5.11 Å². The molecule has 0 aliphatic rings. The molecule has 1 N–H and O–H groups in total. The van der Waals surface area contributed by atoms with Gasteiger partial charge in [0.2, 0.25) is 0 Å². The molecule has 8 rings (SSSR count). The summed E-state index contributed by atoms with van der Waals surface area (Å²) in [5.74, 6) is 0.933. The Morgan fingerprint density at radius 3 is 2.03 bits per heavy atom. The van der Waals surface area contributed by atoms with Gasteiger partial charge >= 0.3 is 0 Å². The first kappa shape index (κ1) is 42.5. The molecule has 60 heavy (non-hydrogen) atoms. The first-order valence-electron chi connectivity index (χ1n) is 20.9. The third kappa shape index (κ3) is 8.41. The van der Waals surface area contributed by atoms with Crippen molar-refractivity contribution >= 4 is 11.0 Å². The number of aromatic hydroxyl groups is 1. The summed E-state index contributed by atoms with van der Waals surface area (Å²) in [7, 11) is 0. The van der Waals surface area contributed by atoms with Gasteiger partial charge in [0, 0.05) is 38.5 Å². The van der Waals surface area contributed by atoms with Crippen LogP contribution < -0.4 is 0 Å². The molecule has 0 fully saturated rings. The standard InChI is InChI=1S/C55H54N3O.Pt/c1-10-15-37-22-25-49(46(29-37)39-16-12-11-13-17-39)58-50-19-14-18-45(51(50)57-53(58)47-34-43(54(4,5)6)28-36(3)52(47)59)41-30-42(32-44(31-41)55(7,8)9)48-33-40(26-27-56-48)38-23-20-35(2)21-24-38;/h11-14,16-29,31-34,59H,10,15H2,1-9H3;/q-1;. The fourth-order valence-corrected chi connectivity index (χ4v) is 7.98. The van der Waals surface area contributed by atoms with Crippen LogP contribution in [0.25, 0.3) is 72.7 Å². The molecule has 0 atom stereocenters. The molecule has 0 radical (unpaired) electrons. The molecule has 0 saturated carbocycles. The Hall–Kier alpha value is -5.57. The van der Waals surface area contributed by atoms with Crippen LogP contribution in [0.4, 0.5) is 0 Å². The van der Waals surface area contributed by atoms with Crippen LogP contribution in [0.2, 0.25) is 0 Å². The number of rotatable bonds is 8. The molecule has 8 aromatic rings. The van der Waals surface area contributed by atoms with Gasteiger partial charge in [0.1, 0.15) is 11.6 Å². The number of benzene rings is 6. The van der Waals surface area contributed by atoms with Gasteiger partial charge in [-0.2, -0.15) is 0 Å². The van der Waals surface area contributed by atoms with Crippen LogP contribution in [-0.2, 0) is 38.3 Å². The average molecular weight is 968 g/mol. The molecule has 0 amide bonds. The molecule has 0 aliphatic heterocycles. The Kier molecular flexibility index (Phi) is 11.9. The van der Waals surface area contributed by atoms with Crippen molar-refractivity contribution in [1.29, 1.82) is 0 Å². The number of fused-ring (bicyclic) bond motifs is 1. The molecule has 0 spiro atoms. The van der Waals surface area contributed by atoms with Crippen LogP contribution in [0, 0.1) is 19.9 Å². The number of phenols is 1. The van der Waals surface area contributed by atoms with Gasteiger partial charge in [-0.1, -0.05) is 157 Å². The van der Waals surface area contributed by atoms with Crippen LogP contribution in [0.3, 0.4) is 0 Å². The summed E-state index contributed by atoms with van der Waals surface area (Å²) in [5, 5.41) is 12.0. The molecule has 0 saturated heterocycles. The molecule has 0 unspecified atom stereocenters. The van der Waals surface area contributed by atoms with Crippen molar-refractivity contribution < 1.29 is 26.2 Å². The van der Waals surface area contributed by atoms with Crippen LogP contribution in [0.5, 0.6) is 5.75 Å². The van der Waals surface area contributed by atoms with E-state index in [-0.39, 0.29) is 37.6 Å². The van der Waals surface area contributed by atoms with E-state index in [4.69, 9.17) is 9.97 Å². The smallest absolute Gasteiger partial charge is 0.148 e. The molecular weight excluding hydrogens is 914 g/mol. The van der Waals surface area contributed by atoms with E-state index in [1.807, 2.05) is 13.1 Å². The zero-order valence-electron chi connectivity index (χ0n) is 36.2. The van der Waals surface area contributed by atoms with Crippen molar-refractivity contribution in [2.75, 3.05) is 0 Å². The summed E-state index contributed by atoms with van der Waals surface area (Å²) in [6, 6.07) is 49.3. The maximum atomic E-state index is 12.0. The maximum absolute atomic E-state index is 12.0. The topological polar surface area (TPSA) is 50.9 Å². The normalized spacial score (nSPS) is 11.8. The number of nitrogens with zero attached hydrogens (tertiary/aromatic N) is 3. The molecular formula is C55H54N3OPt-. The first-order chi connectivity index (χ1) is 28.2. The number of pyridine rings is 1. The van der Waals surface area contributed by atoms with E-state index in [1.54, 1.807) is 0 Å². The third-order valence-corrected chi connectivity index (χ3v) is 11.5. The monoisotopic (exact) mass is 967 g/mol. The first-order valence-corrected chi connectivity index (χ1v) is 20.9. The van der Waals surface area contributed by atoms with Crippen molar-refractivity contribution in [1.82, 2.24) is 14.5 Å². The SMILES string of the molecule is CCCc1ccc(-n2c(-c3cc(C(C)(C)C)cc(C)c3O)nc3c(-c4[c-]c(-c5cc(-c6ccc(C)cc6)ccn5)cc(C(C)(C)C)c4)cccc32)c(-c2ccccc2)c1.[Pt]. The molecule has 306 valence electrons. The number of para-hydroxylation sites is 1. The predicted molar refractivity (Wildman–Crippen MR) is 247 cm³/mol. The minimum Gasteiger partial charge on any atom is -0.507 e. The summed E-state index contributed by atoms with van der Waals surface area (Å²) in [6.45, 7) is 19.7. The summed E-state index contributed by atoms with van der Waals surface area (Å²) < 4.78 is 2.26. The van der Waals surface area contributed by atoms with Crippen molar-refractivity contribution in [2.45, 2.75) is 86.0 Å². The van der Waals surface area contributed by atoms with Crippen LogP contribution in [-0.4, -0.2) is 19.6 Å². The van der Waals surface area contributed by atoms with Gasteiger partial charge in [-0.15, -0.1) is 29.3 Å². The average Bonchev–Trinajstić information content (AvgIpc) is 3.61. The quantitative estimate of drug-likeness (QED) is 0.154. The van der Waals surface area contributed by atoms with E-state index in [2.05, 4.69) is 193 Å². The number of hydrogen-bond donors (Lipinski definition) is 1. The Morgan fingerprint density at radius 1 is 0.633 bits per heavy atom. The fourth-order valence-electron chi connectivity index (χ4n) is 7.98. The summed E-state index contributed by atoms with van der Waals surface area (Å²) >= 11 is 0. The minimum absolute atomic E-state index is 0. The number of phenolic OH excluding ortho intramolecular Hbond substituents is 1. The Labute approximate surface area is 370 Å². The zero-order chi connectivity index (χ0) is 41.6. The van der Waals surface area contributed by atoms with Gasteiger partial charge in [-0.05, 0) is 94.8 Å². The van der Waals surface area contributed by atoms with Gasteiger partial charge in [0.15, 0.2) is 0 Å². The number of aryl methyl sites for hydroxylation is 3. The van der Waals surface area contributed by atoms with Gasteiger partial charge < -0.3 is 5.11 Å². The summed E-state index contributed by atoms with van der Waals surface area (Å²) in [5.41, 5.74) is 17.1. The Bertz CT molecular complexity index is 2820. The molecule has 0 aliphatic carbocycles. The largest absolute Gasteiger partial charge is 0.507 e. The van der Waals surface area contributed by atoms with Crippen LogP contribution in [0.1, 0.15) is 82.7 Å². The van der Waals surface area contributed by atoms with Crippen molar-refractivity contribution in [2.24, 2.45) is 0 Å². The predicted octanol–water partition coefficient (Wildman–Crippen LogP) is 14.4. The second kappa shape index (κ2) is 16.8. The van der Waals surface area contributed by atoms with E-state index < -0.39 is 0 Å². The van der Waals surface area contributed by atoms with E-state index >= 15 is 0 Å². The number of aromatic nitrogens is 3. The molecule has 2 aromatic heterocycles. The summed E-state index contributed by atoms with van der Waals surface area (Å²) in [6.07, 6.45) is 3.94. The molecule has 4 nitrogen and oxygen atoms in total. The van der Waals surface area contributed by atoms with Crippen molar-refractivity contribution in [3.05, 3.63) is 167 Å². The minimum atomic E-state index is -0.146. The fraction of sp³-hybridized carbons (Fsp3) is 0.236. The van der Waals surface area contributed by atoms with Crippen LogP contribution in [0.15, 0.2) is 134 Å². The van der Waals surface area contributed by atoms with Crippen molar-refractivity contribution in [3.8, 4) is 67.5 Å². The second-order valence-electron chi connectivity index (χ2n) is 18.1. The Morgan fingerprint density at radius 2 is 1.33 bits per heavy atom. The van der Waals surface area contributed by atoms with E-state index in [0.717, 1.165) is 85.3 Å². The van der Waals surface area contributed by atoms with Gasteiger partial charge in [-0.3, -0.25) is 9.55 Å². The molecule has 2 heterocycles. The second-order valence-corrected chi connectivity index (χ2v) is 18.1. The van der Waals surface area contributed by atoms with Gasteiger partial charge in [0.05, 0.1) is 22.3 Å². The third-order valence-electron chi connectivity index (χ3n) is 11.5. The van der Waals surface area contributed by atoms with Gasteiger partial charge in [-0.25, -0.2) is 4.98 Å². The zero-order valence-corrected chi connectivity index (χ0v) is 38.5. The van der Waals surface area contributed by atoms with Crippen molar-refractivity contribution in [3.63, 3.8) is 0 Å². The molecule has 0 bridgehead atoms. The molecule has 5 heteroatoms. The number of imidazole rings is 1. The molecule has 6 aromatic carbocycles. The van der Waals surface area contributed by atoms with E-state index in [0.29, 0.717) is 11.4 Å². The Balaban J connectivity index is 0.00000544. The van der Waals surface area contributed by atoms with Gasteiger partial charge in [0.25, 0.3) is 0 Å². The summed E-state index contributed by atoms with van der Waals surface area (Å²) in [4.78, 5) is 10.5.